The molecule has 0 fully saturated rings. The molecule has 36 heavy (non-hydrogen) atoms. The van der Waals surface area contributed by atoms with Crippen LogP contribution in [0.1, 0.15) is 33.5 Å². The molecular weight excluding hydrogens is 458 g/mol. The molecule has 7 nitrogen and oxygen atoms in total. The molecule has 0 saturated carbocycles. The second kappa shape index (κ2) is 13.2. The fourth-order valence-electron chi connectivity index (χ4n) is 3.77. The summed E-state index contributed by atoms with van der Waals surface area (Å²) in [5.74, 6) is 1.77. The van der Waals surface area contributed by atoms with Crippen molar-refractivity contribution in [3.63, 3.8) is 0 Å². The largest absolute Gasteiger partial charge is 0.493 e. The molecule has 0 heterocycles. The van der Waals surface area contributed by atoms with E-state index in [1.54, 1.807) is 31.3 Å². The first kappa shape index (κ1) is 26.6. The molecule has 190 valence electrons. The van der Waals surface area contributed by atoms with Crippen LogP contribution >= 0.6 is 0 Å². The van der Waals surface area contributed by atoms with Crippen molar-refractivity contribution in [2.24, 2.45) is 0 Å². The molecule has 0 N–H and O–H groups in total. The standard InChI is InChI=1S/C29H33NO6/c1-30(18-17-22-11-15-26(33-2)27(19-22)34-3)28(31)16-12-21-9-13-24(14-10-21)36-20-23-7-5-6-8-25(23)29(32)35-4/h5-11,13-15,19H,12,16-18,20H2,1-4H3. The number of esters is 1. The lowest BCUT2D eigenvalue weighted by Gasteiger charge is -2.18. The van der Waals surface area contributed by atoms with E-state index < -0.39 is 0 Å². The van der Waals surface area contributed by atoms with Crippen LogP contribution in [0, 0.1) is 0 Å². The number of benzene rings is 3. The summed E-state index contributed by atoms with van der Waals surface area (Å²) in [5, 5.41) is 0. The second-order valence-electron chi connectivity index (χ2n) is 8.34. The van der Waals surface area contributed by atoms with Crippen molar-refractivity contribution in [1.82, 2.24) is 4.90 Å². The van der Waals surface area contributed by atoms with Crippen LogP contribution in [-0.4, -0.2) is 51.7 Å². The Morgan fingerprint density at radius 2 is 1.50 bits per heavy atom. The molecule has 1 amide bonds. The number of hydrogen-bond acceptors (Lipinski definition) is 6. The lowest BCUT2D eigenvalue weighted by atomic mass is 10.1. The van der Waals surface area contributed by atoms with E-state index in [1.807, 2.05) is 61.6 Å². The maximum Gasteiger partial charge on any atom is 0.338 e. The van der Waals surface area contributed by atoms with Crippen molar-refractivity contribution in [3.8, 4) is 17.2 Å². The van der Waals surface area contributed by atoms with Gasteiger partial charge in [-0.2, -0.15) is 0 Å². The number of carbonyl (C=O) groups is 2. The van der Waals surface area contributed by atoms with E-state index in [9.17, 15) is 9.59 Å². The van der Waals surface area contributed by atoms with Gasteiger partial charge in [0.05, 0.1) is 26.9 Å². The molecule has 0 unspecified atom stereocenters. The summed E-state index contributed by atoms with van der Waals surface area (Å²) in [6.45, 7) is 0.877. The quantitative estimate of drug-likeness (QED) is 0.342. The molecule has 0 bridgehead atoms. The summed E-state index contributed by atoms with van der Waals surface area (Å²) in [6, 6.07) is 20.7. The van der Waals surface area contributed by atoms with Crippen LogP contribution in [0.3, 0.4) is 0 Å². The molecule has 0 atom stereocenters. The fraction of sp³-hybridized carbons (Fsp3) is 0.310. The Hall–Kier alpha value is -4.00. The van der Waals surface area contributed by atoms with E-state index in [4.69, 9.17) is 18.9 Å². The molecule has 0 radical (unpaired) electrons. The number of nitrogens with zero attached hydrogens (tertiary/aromatic N) is 1. The summed E-state index contributed by atoms with van der Waals surface area (Å²) >= 11 is 0. The summed E-state index contributed by atoms with van der Waals surface area (Å²) in [4.78, 5) is 26.3. The van der Waals surface area contributed by atoms with E-state index in [0.29, 0.717) is 42.2 Å². The summed E-state index contributed by atoms with van der Waals surface area (Å²) in [7, 11) is 6.41. The summed E-state index contributed by atoms with van der Waals surface area (Å²) in [5.41, 5.74) is 3.39. The van der Waals surface area contributed by atoms with Crippen LogP contribution < -0.4 is 14.2 Å². The summed E-state index contributed by atoms with van der Waals surface area (Å²) < 4.78 is 21.3. The number of methoxy groups -OCH3 is 3. The third-order valence-electron chi connectivity index (χ3n) is 5.98. The van der Waals surface area contributed by atoms with E-state index in [0.717, 1.165) is 23.1 Å². The number of aryl methyl sites for hydroxylation is 1. The van der Waals surface area contributed by atoms with Gasteiger partial charge < -0.3 is 23.8 Å². The minimum Gasteiger partial charge on any atom is -0.493 e. The van der Waals surface area contributed by atoms with Crippen LogP contribution in [0.2, 0.25) is 0 Å². The molecule has 3 aromatic carbocycles. The van der Waals surface area contributed by atoms with Crippen LogP contribution in [0.25, 0.3) is 0 Å². The number of likely N-dealkylation sites (N-methyl/N-ethyl adjacent to an activating group) is 1. The first-order valence-corrected chi connectivity index (χ1v) is 11.8. The number of hydrogen-bond donors (Lipinski definition) is 0. The minimum atomic E-state index is -0.386. The van der Waals surface area contributed by atoms with Crippen molar-refractivity contribution in [2.45, 2.75) is 25.9 Å². The predicted molar refractivity (Wildman–Crippen MR) is 138 cm³/mol. The number of carbonyl (C=O) groups excluding carboxylic acids is 2. The van der Waals surface area contributed by atoms with Crippen molar-refractivity contribution in [2.75, 3.05) is 34.9 Å². The Balaban J connectivity index is 1.46. The highest BCUT2D eigenvalue weighted by atomic mass is 16.5. The van der Waals surface area contributed by atoms with Gasteiger partial charge in [0.15, 0.2) is 11.5 Å². The van der Waals surface area contributed by atoms with Gasteiger partial charge in [-0.1, -0.05) is 36.4 Å². The highest BCUT2D eigenvalue weighted by molar-refractivity contribution is 5.90. The smallest absolute Gasteiger partial charge is 0.338 e. The van der Waals surface area contributed by atoms with E-state index in [-0.39, 0.29) is 18.5 Å². The molecule has 0 aromatic heterocycles. The third-order valence-corrected chi connectivity index (χ3v) is 5.98. The molecule has 7 heteroatoms. The van der Waals surface area contributed by atoms with Crippen LogP contribution in [0.15, 0.2) is 66.7 Å². The molecule has 0 saturated heterocycles. The Labute approximate surface area is 212 Å². The maximum absolute atomic E-state index is 12.6. The van der Waals surface area contributed by atoms with Crippen molar-refractivity contribution in [1.29, 1.82) is 0 Å². The normalized spacial score (nSPS) is 10.4. The third kappa shape index (κ3) is 7.25. The molecule has 3 rings (SSSR count). The van der Waals surface area contributed by atoms with E-state index in [1.165, 1.54) is 7.11 Å². The van der Waals surface area contributed by atoms with Gasteiger partial charge in [0.1, 0.15) is 12.4 Å². The zero-order chi connectivity index (χ0) is 25.9. The van der Waals surface area contributed by atoms with Gasteiger partial charge in [0.25, 0.3) is 0 Å². The SMILES string of the molecule is COC(=O)c1ccccc1COc1ccc(CCC(=O)N(C)CCc2ccc(OC)c(OC)c2)cc1. The van der Waals surface area contributed by atoms with Crippen LogP contribution in [0.5, 0.6) is 17.2 Å². The monoisotopic (exact) mass is 491 g/mol. The van der Waals surface area contributed by atoms with Gasteiger partial charge in [-0.05, 0) is 54.3 Å². The molecule has 0 aliphatic heterocycles. The van der Waals surface area contributed by atoms with Crippen LogP contribution in [-0.2, 0) is 29.0 Å². The topological polar surface area (TPSA) is 74.3 Å². The fourth-order valence-corrected chi connectivity index (χ4v) is 3.77. The lowest BCUT2D eigenvalue weighted by Crippen LogP contribution is -2.29. The van der Waals surface area contributed by atoms with Gasteiger partial charge >= 0.3 is 5.97 Å². The Kier molecular flexibility index (Phi) is 9.74. The van der Waals surface area contributed by atoms with Gasteiger partial charge in [-0.3, -0.25) is 4.79 Å². The van der Waals surface area contributed by atoms with E-state index in [2.05, 4.69) is 0 Å². The molecule has 0 spiro atoms. The van der Waals surface area contributed by atoms with Crippen LogP contribution in [0.4, 0.5) is 0 Å². The zero-order valence-electron chi connectivity index (χ0n) is 21.3. The van der Waals surface area contributed by atoms with Crippen molar-refractivity contribution < 1.29 is 28.5 Å². The Morgan fingerprint density at radius 3 is 2.19 bits per heavy atom. The minimum absolute atomic E-state index is 0.0928. The zero-order valence-corrected chi connectivity index (χ0v) is 21.3. The second-order valence-corrected chi connectivity index (χ2v) is 8.34. The first-order valence-electron chi connectivity index (χ1n) is 11.8. The molecule has 3 aromatic rings. The van der Waals surface area contributed by atoms with Gasteiger partial charge in [-0.25, -0.2) is 4.79 Å². The highest BCUT2D eigenvalue weighted by Gasteiger charge is 2.12. The Morgan fingerprint density at radius 1 is 0.806 bits per heavy atom. The Bertz CT molecular complexity index is 1160. The number of ether oxygens (including phenoxy) is 4. The number of rotatable bonds is 12. The van der Waals surface area contributed by atoms with Gasteiger partial charge in [-0.15, -0.1) is 0 Å². The van der Waals surface area contributed by atoms with E-state index >= 15 is 0 Å². The average Bonchev–Trinajstić information content (AvgIpc) is 2.93. The van der Waals surface area contributed by atoms with Gasteiger partial charge in [0, 0.05) is 25.6 Å². The predicted octanol–water partition coefficient (Wildman–Crippen LogP) is 4.70. The highest BCUT2D eigenvalue weighted by Crippen LogP contribution is 2.27. The molecule has 0 aliphatic rings. The summed E-state index contributed by atoms with van der Waals surface area (Å²) in [6.07, 6.45) is 1.80. The number of amides is 1. The first-order chi connectivity index (χ1) is 17.4. The molecular formula is C29H33NO6. The van der Waals surface area contributed by atoms with Crippen molar-refractivity contribution in [3.05, 3.63) is 89.0 Å². The van der Waals surface area contributed by atoms with Crippen molar-refractivity contribution >= 4 is 11.9 Å². The lowest BCUT2D eigenvalue weighted by molar-refractivity contribution is -0.129. The molecule has 0 aliphatic carbocycles. The van der Waals surface area contributed by atoms with Gasteiger partial charge in [0.2, 0.25) is 5.91 Å². The average molecular weight is 492 g/mol. The maximum atomic E-state index is 12.6.